The highest BCUT2D eigenvalue weighted by Crippen LogP contribution is 2.43. The minimum Gasteiger partial charge on any atom is -0.458 e. The first-order valence-electron chi connectivity index (χ1n) is 15.0. The van der Waals surface area contributed by atoms with Crippen LogP contribution in [0.15, 0.2) is 121 Å². The third-order valence-corrected chi connectivity index (χ3v) is 9.20. The highest BCUT2D eigenvalue weighted by atomic mass is 16.5. The maximum absolute atomic E-state index is 6.85. The molecular weight excluding hydrogens is 523 g/mol. The third-order valence-electron chi connectivity index (χ3n) is 9.20. The summed E-state index contributed by atoms with van der Waals surface area (Å²) in [5, 5.41) is 2.50. The fourth-order valence-electron chi connectivity index (χ4n) is 7.28. The van der Waals surface area contributed by atoms with E-state index in [9.17, 15) is 0 Å². The van der Waals surface area contributed by atoms with E-state index in [-0.39, 0.29) is 6.71 Å². The molecule has 0 amide bonds. The molecule has 0 atom stereocenters. The van der Waals surface area contributed by atoms with Crippen molar-refractivity contribution in [1.29, 1.82) is 0 Å². The number of fused-ring (bicyclic) bond motifs is 7. The van der Waals surface area contributed by atoms with Gasteiger partial charge >= 0.3 is 0 Å². The summed E-state index contributed by atoms with van der Waals surface area (Å²) in [5.74, 6) is 1.85. The molecule has 4 heteroatoms. The van der Waals surface area contributed by atoms with Gasteiger partial charge in [-0.3, -0.25) is 0 Å². The van der Waals surface area contributed by atoms with Gasteiger partial charge in [-0.2, -0.15) is 0 Å². The quantitative estimate of drug-likeness (QED) is 0.202. The van der Waals surface area contributed by atoms with Gasteiger partial charge in [0, 0.05) is 33.9 Å². The molecule has 0 aliphatic carbocycles. The monoisotopic (exact) mass is 552 g/mol. The van der Waals surface area contributed by atoms with Gasteiger partial charge in [0.1, 0.15) is 11.5 Å². The molecule has 2 aliphatic heterocycles. The van der Waals surface area contributed by atoms with Crippen LogP contribution in [0.4, 0.5) is 17.1 Å². The van der Waals surface area contributed by atoms with E-state index in [4.69, 9.17) is 4.74 Å². The molecule has 6 aromatic carbocycles. The van der Waals surface area contributed by atoms with Gasteiger partial charge in [0.2, 0.25) is 0 Å². The molecule has 0 spiro atoms. The van der Waals surface area contributed by atoms with E-state index in [2.05, 4.69) is 152 Å². The average molecular weight is 552 g/mol. The molecule has 0 unspecified atom stereocenters. The summed E-state index contributed by atoms with van der Waals surface area (Å²) in [7, 11) is 0. The molecule has 0 N–H and O–H groups in total. The zero-order valence-electron chi connectivity index (χ0n) is 24.4. The van der Waals surface area contributed by atoms with Crippen LogP contribution in [0.1, 0.15) is 16.7 Å². The van der Waals surface area contributed by atoms with Crippen molar-refractivity contribution >= 4 is 62.0 Å². The molecule has 2 aliphatic rings. The Morgan fingerprint density at radius 3 is 1.86 bits per heavy atom. The average Bonchev–Trinajstić information content (AvgIpc) is 3.36. The van der Waals surface area contributed by atoms with Gasteiger partial charge in [-0.1, -0.05) is 89.5 Å². The van der Waals surface area contributed by atoms with Crippen molar-refractivity contribution in [2.45, 2.75) is 20.8 Å². The Labute approximate surface area is 251 Å². The summed E-state index contributed by atoms with van der Waals surface area (Å²) < 4.78 is 9.24. The van der Waals surface area contributed by atoms with Crippen LogP contribution in [-0.2, 0) is 0 Å². The third kappa shape index (κ3) is 3.50. The number of hydrogen-bond donors (Lipinski definition) is 0. The fourth-order valence-corrected chi connectivity index (χ4v) is 7.28. The molecular formula is C39H29BN2O. The topological polar surface area (TPSA) is 17.4 Å². The number of para-hydroxylation sites is 2. The van der Waals surface area contributed by atoms with E-state index in [1.54, 1.807) is 0 Å². The molecule has 0 bridgehead atoms. The first-order chi connectivity index (χ1) is 21.0. The van der Waals surface area contributed by atoms with Crippen LogP contribution in [0.5, 0.6) is 11.5 Å². The number of ether oxygens (including phenoxy) is 1. The van der Waals surface area contributed by atoms with Gasteiger partial charge in [-0.05, 0) is 79.6 Å². The second kappa shape index (κ2) is 8.89. The number of aromatic nitrogens is 1. The highest BCUT2D eigenvalue weighted by Gasteiger charge is 2.42. The standard InChI is InChI=1S/C39H29BN2O/c1-24-12-16-27(17-13-24)41-35-18-14-25(2)20-31(35)40-32-21-26(3)15-19-37(32)43-38-23-28(22-36(41)39(38)40)42-33-10-6-4-8-29(33)30-9-5-7-11-34(30)42/h4-23H,1-3H3. The van der Waals surface area contributed by atoms with Crippen molar-refractivity contribution in [3.63, 3.8) is 0 Å². The fraction of sp³-hybridized carbons (Fsp3) is 0.0769. The zero-order valence-corrected chi connectivity index (χ0v) is 24.4. The molecule has 43 heavy (non-hydrogen) atoms. The van der Waals surface area contributed by atoms with Crippen molar-refractivity contribution in [1.82, 2.24) is 4.57 Å². The zero-order chi connectivity index (χ0) is 28.8. The van der Waals surface area contributed by atoms with Crippen LogP contribution >= 0.6 is 0 Å². The minimum atomic E-state index is 0.0810. The summed E-state index contributed by atoms with van der Waals surface area (Å²) in [6, 6.07) is 44.4. The smallest absolute Gasteiger partial charge is 0.256 e. The lowest BCUT2D eigenvalue weighted by Crippen LogP contribution is -2.59. The van der Waals surface area contributed by atoms with Gasteiger partial charge in [0.05, 0.1) is 16.7 Å². The van der Waals surface area contributed by atoms with Crippen LogP contribution in [0.2, 0.25) is 0 Å². The van der Waals surface area contributed by atoms with E-state index in [0.717, 1.165) is 28.6 Å². The molecule has 0 saturated heterocycles. The van der Waals surface area contributed by atoms with Gasteiger partial charge < -0.3 is 14.2 Å². The summed E-state index contributed by atoms with van der Waals surface area (Å²) >= 11 is 0. The predicted octanol–water partition coefficient (Wildman–Crippen LogP) is 8.11. The van der Waals surface area contributed by atoms with Crippen LogP contribution in [0, 0.1) is 20.8 Å². The minimum absolute atomic E-state index is 0.0810. The Kier molecular flexibility index (Phi) is 5.04. The van der Waals surface area contributed by atoms with Crippen molar-refractivity contribution in [2.24, 2.45) is 0 Å². The lowest BCUT2D eigenvalue weighted by Gasteiger charge is -2.40. The molecule has 3 heterocycles. The lowest BCUT2D eigenvalue weighted by molar-refractivity contribution is 0.487. The van der Waals surface area contributed by atoms with Crippen LogP contribution in [-0.4, -0.2) is 11.3 Å². The number of nitrogens with zero attached hydrogens (tertiary/aromatic N) is 2. The van der Waals surface area contributed by atoms with Crippen LogP contribution in [0.25, 0.3) is 27.5 Å². The molecule has 3 nitrogen and oxygen atoms in total. The summed E-state index contributed by atoms with van der Waals surface area (Å²) in [4.78, 5) is 2.44. The molecule has 0 fully saturated rings. The molecule has 204 valence electrons. The number of hydrogen-bond acceptors (Lipinski definition) is 2. The lowest BCUT2D eigenvalue weighted by atomic mass is 9.34. The molecule has 1 aromatic heterocycles. The van der Waals surface area contributed by atoms with E-state index in [0.29, 0.717) is 0 Å². The van der Waals surface area contributed by atoms with Crippen molar-refractivity contribution in [3.8, 4) is 17.2 Å². The molecule has 0 saturated carbocycles. The second-order valence-electron chi connectivity index (χ2n) is 12.1. The summed E-state index contributed by atoms with van der Waals surface area (Å²) in [6.45, 7) is 6.58. The van der Waals surface area contributed by atoms with Gasteiger partial charge in [0.25, 0.3) is 6.71 Å². The Bertz CT molecular complexity index is 2210. The van der Waals surface area contributed by atoms with Crippen molar-refractivity contribution in [3.05, 3.63) is 138 Å². The Hall–Kier alpha value is -5.22. The number of anilines is 3. The highest BCUT2D eigenvalue weighted by molar-refractivity contribution is 6.99. The summed E-state index contributed by atoms with van der Waals surface area (Å²) in [5.41, 5.74) is 14.5. The van der Waals surface area contributed by atoms with Crippen LogP contribution in [0.3, 0.4) is 0 Å². The van der Waals surface area contributed by atoms with Crippen molar-refractivity contribution in [2.75, 3.05) is 4.90 Å². The molecule has 7 aromatic rings. The number of aryl methyl sites for hydroxylation is 3. The van der Waals surface area contributed by atoms with Crippen molar-refractivity contribution < 1.29 is 4.74 Å². The molecule has 9 rings (SSSR count). The first-order valence-corrected chi connectivity index (χ1v) is 15.0. The Morgan fingerprint density at radius 1 is 0.512 bits per heavy atom. The first kappa shape index (κ1) is 24.4. The second-order valence-corrected chi connectivity index (χ2v) is 12.1. The van der Waals surface area contributed by atoms with Gasteiger partial charge in [0.15, 0.2) is 0 Å². The van der Waals surface area contributed by atoms with E-state index < -0.39 is 0 Å². The van der Waals surface area contributed by atoms with E-state index in [1.165, 1.54) is 60.6 Å². The summed E-state index contributed by atoms with van der Waals surface area (Å²) in [6.07, 6.45) is 0. The number of rotatable bonds is 2. The largest absolute Gasteiger partial charge is 0.458 e. The predicted molar refractivity (Wildman–Crippen MR) is 181 cm³/mol. The van der Waals surface area contributed by atoms with Crippen LogP contribution < -0.4 is 26.0 Å². The van der Waals surface area contributed by atoms with E-state index >= 15 is 0 Å². The SMILES string of the molecule is Cc1ccc(N2c3ccc(C)cc3B3c4cc(C)ccc4Oc4cc(-n5c6ccccc6c6ccccc65)cc2c43)cc1. The van der Waals surface area contributed by atoms with Gasteiger partial charge in [-0.25, -0.2) is 0 Å². The molecule has 0 radical (unpaired) electrons. The maximum Gasteiger partial charge on any atom is 0.256 e. The maximum atomic E-state index is 6.85. The Morgan fingerprint density at radius 2 is 1.14 bits per heavy atom. The normalized spacial score (nSPS) is 13.1. The van der Waals surface area contributed by atoms with Gasteiger partial charge in [-0.15, -0.1) is 0 Å². The van der Waals surface area contributed by atoms with E-state index in [1.807, 2.05) is 0 Å². The Balaban J connectivity index is 1.41. The number of benzene rings is 6.